The lowest BCUT2D eigenvalue weighted by Crippen LogP contribution is -2.40. The van der Waals surface area contributed by atoms with Gasteiger partial charge in [-0.25, -0.2) is 0 Å². The third-order valence-corrected chi connectivity index (χ3v) is 6.09. The lowest BCUT2D eigenvalue weighted by atomic mass is 9.86. The number of ether oxygens (including phenoxy) is 3. The fourth-order valence-electron chi connectivity index (χ4n) is 4.66. The zero-order chi connectivity index (χ0) is 18.9. The number of fused-ring (bicyclic) bond motifs is 2. The molecule has 0 saturated carbocycles. The van der Waals surface area contributed by atoms with Crippen LogP contribution in [0, 0.1) is 5.92 Å². The molecule has 0 radical (unpaired) electrons. The molecule has 0 N–H and O–H groups in total. The maximum absolute atomic E-state index is 13.5. The Bertz CT molecular complexity index is 875. The summed E-state index contributed by atoms with van der Waals surface area (Å²) >= 11 is 0. The van der Waals surface area contributed by atoms with Crippen molar-refractivity contribution >= 4 is 5.91 Å². The lowest BCUT2D eigenvalue weighted by Gasteiger charge is -2.37. The minimum absolute atomic E-state index is 0.0528. The van der Waals surface area contributed by atoms with Crippen molar-refractivity contribution in [3.05, 3.63) is 59.2 Å². The minimum Gasteiger partial charge on any atom is -0.454 e. The van der Waals surface area contributed by atoms with Gasteiger partial charge in [-0.05, 0) is 42.9 Å². The molecule has 5 rings (SSSR count). The van der Waals surface area contributed by atoms with Crippen LogP contribution in [0.1, 0.15) is 42.0 Å². The van der Waals surface area contributed by atoms with Crippen molar-refractivity contribution in [2.24, 2.45) is 5.92 Å². The van der Waals surface area contributed by atoms with E-state index in [1.807, 2.05) is 18.2 Å². The van der Waals surface area contributed by atoms with Crippen LogP contribution < -0.4 is 9.47 Å². The van der Waals surface area contributed by atoms with E-state index in [1.165, 1.54) is 11.1 Å². The highest BCUT2D eigenvalue weighted by Gasteiger charge is 2.35. The highest BCUT2D eigenvalue weighted by atomic mass is 16.7. The van der Waals surface area contributed by atoms with E-state index >= 15 is 0 Å². The number of hydrogen-bond acceptors (Lipinski definition) is 4. The molecule has 1 fully saturated rings. The molecular formula is C23H25NO4. The van der Waals surface area contributed by atoms with E-state index in [9.17, 15) is 4.79 Å². The molecule has 2 aliphatic heterocycles. The summed E-state index contributed by atoms with van der Waals surface area (Å²) in [5, 5.41) is 0. The highest BCUT2D eigenvalue weighted by molar-refractivity contribution is 5.80. The molecule has 2 aromatic rings. The second kappa shape index (κ2) is 7.47. The molecule has 3 aliphatic rings. The normalized spacial score (nSPS) is 22.7. The number of para-hydroxylation sites is 1. The molecule has 1 amide bonds. The number of benzene rings is 2. The van der Waals surface area contributed by atoms with E-state index in [2.05, 4.69) is 29.2 Å². The Labute approximate surface area is 165 Å². The third kappa shape index (κ3) is 3.14. The Morgan fingerprint density at radius 3 is 2.89 bits per heavy atom. The summed E-state index contributed by atoms with van der Waals surface area (Å²) in [7, 11) is 0. The van der Waals surface area contributed by atoms with Gasteiger partial charge in [0.05, 0.1) is 25.1 Å². The quantitative estimate of drug-likeness (QED) is 0.809. The van der Waals surface area contributed by atoms with Crippen molar-refractivity contribution in [3.8, 4) is 11.5 Å². The van der Waals surface area contributed by atoms with Gasteiger partial charge in [0.1, 0.15) is 0 Å². The van der Waals surface area contributed by atoms with Crippen LogP contribution in [0.3, 0.4) is 0 Å². The molecule has 2 atom stereocenters. The Balaban J connectivity index is 1.51. The van der Waals surface area contributed by atoms with E-state index in [4.69, 9.17) is 14.2 Å². The van der Waals surface area contributed by atoms with Gasteiger partial charge in [-0.15, -0.1) is 0 Å². The number of rotatable bonds is 4. The van der Waals surface area contributed by atoms with E-state index in [0.717, 1.165) is 42.7 Å². The zero-order valence-electron chi connectivity index (χ0n) is 15.9. The summed E-state index contributed by atoms with van der Waals surface area (Å²) in [6.07, 6.45) is 3.97. The minimum atomic E-state index is -0.0528. The van der Waals surface area contributed by atoms with Gasteiger partial charge >= 0.3 is 0 Å². The first-order chi connectivity index (χ1) is 13.8. The lowest BCUT2D eigenvalue weighted by molar-refractivity contribution is -0.139. The van der Waals surface area contributed by atoms with Gasteiger partial charge < -0.3 is 19.1 Å². The first kappa shape index (κ1) is 17.6. The fraction of sp³-hybridized carbons (Fsp3) is 0.435. The first-order valence-electron chi connectivity index (χ1n) is 10.1. The Morgan fingerprint density at radius 1 is 1.07 bits per heavy atom. The summed E-state index contributed by atoms with van der Waals surface area (Å²) in [6, 6.07) is 14.6. The summed E-state index contributed by atoms with van der Waals surface area (Å²) < 4.78 is 16.8. The van der Waals surface area contributed by atoms with Crippen molar-refractivity contribution in [1.82, 2.24) is 4.90 Å². The average Bonchev–Trinajstić information content (AvgIpc) is 3.43. The SMILES string of the molecule is O=C([C@@H]1CCOC1)N(Cc1cccc2c1OCO2)[C@@H]1CCCc2ccccc21. The summed E-state index contributed by atoms with van der Waals surface area (Å²) in [5.41, 5.74) is 3.65. The maximum atomic E-state index is 13.5. The number of carbonyl (C=O) groups is 1. The van der Waals surface area contributed by atoms with Crippen molar-refractivity contribution in [1.29, 1.82) is 0 Å². The maximum Gasteiger partial charge on any atom is 0.231 e. The van der Waals surface area contributed by atoms with Gasteiger partial charge in [-0.3, -0.25) is 4.79 Å². The second-order valence-corrected chi connectivity index (χ2v) is 7.78. The van der Waals surface area contributed by atoms with Crippen LogP contribution in [0.25, 0.3) is 0 Å². The van der Waals surface area contributed by atoms with Gasteiger partial charge in [0, 0.05) is 12.2 Å². The highest BCUT2D eigenvalue weighted by Crippen LogP contribution is 2.40. The fourth-order valence-corrected chi connectivity index (χ4v) is 4.66. The van der Waals surface area contributed by atoms with Gasteiger partial charge in [0.25, 0.3) is 0 Å². The molecule has 5 nitrogen and oxygen atoms in total. The van der Waals surface area contributed by atoms with Crippen molar-refractivity contribution in [2.75, 3.05) is 20.0 Å². The van der Waals surface area contributed by atoms with Gasteiger partial charge in [-0.1, -0.05) is 36.4 Å². The predicted octanol–water partition coefficient (Wildman–Crippen LogP) is 3.86. The van der Waals surface area contributed by atoms with Crippen LogP contribution in [0.5, 0.6) is 11.5 Å². The zero-order valence-corrected chi connectivity index (χ0v) is 15.9. The Morgan fingerprint density at radius 2 is 2.00 bits per heavy atom. The molecule has 28 heavy (non-hydrogen) atoms. The topological polar surface area (TPSA) is 48.0 Å². The van der Waals surface area contributed by atoms with Crippen LogP contribution in [0.4, 0.5) is 0 Å². The van der Waals surface area contributed by atoms with Crippen molar-refractivity contribution in [2.45, 2.75) is 38.3 Å². The van der Waals surface area contributed by atoms with E-state index in [-0.39, 0.29) is 24.7 Å². The largest absolute Gasteiger partial charge is 0.454 e. The van der Waals surface area contributed by atoms with E-state index < -0.39 is 0 Å². The number of aryl methyl sites for hydroxylation is 1. The molecule has 2 aromatic carbocycles. The number of carbonyl (C=O) groups excluding carboxylic acids is 1. The monoisotopic (exact) mass is 379 g/mol. The molecule has 1 saturated heterocycles. The van der Waals surface area contributed by atoms with Crippen LogP contribution in [0.2, 0.25) is 0 Å². The van der Waals surface area contributed by atoms with Crippen LogP contribution in [0.15, 0.2) is 42.5 Å². The molecule has 5 heteroatoms. The average molecular weight is 379 g/mol. The predicted molar refractivity (Wildman–Crippen MR) is 104 cm³/mol. The van der Waals surface area contributed by atoms with Gasteiger partial charge in [0.15, 0.2) is 11.5 Å². The van der Waals surface area contributed by atoms with Crippen LogP contribution >= 0.6 is 0 Å². The Hall–Kier alpha value is -2.53. The molecule has 0 bridgehead atoms. The number of amides is 1. The third-order valence-electron chi connectivity index (χ3n) is 6.09. The number of nitrogens with zero attached hydrogens (tertiary/aromatic N) is 1. The molecule has 2 heterocycles. The van der Waals surface area contributed by atoms with Crippen LogP contribution in [-0.2, 0) is 22.5 Å². The van der Waals surface area contributed by atoms with E-state index in [1.54, 1.807) is 0 Å². The van der Waals surface area contributed by atoms with Gasteiger partial charge in [-0.2, -0.15) is 0 Å². The molecule has 0 aromatic heterocycles. The summed E-state index contributed by atoms with van der Waals surface area (Å²) in [6.45, 7) is 1.96. The molecular weight excluding hydrogens is 354 g/mol. The molecule has 146 valence electrons. The summed E-state index contributed by atoms with van der Waals surface area (Å²) in [5.74, 6) is 1.67. The molecule has 0 unspecified atom stereocenters. The first-order valence-corrected chi connectivity index (χ1v) is 10.1. The van der Waals surface area contributed by atoms with E-state index in [0.29, 0.717) is 19.8 Å². The molecule has 0 spiro atoms. The van der Waals surface area contributed by atoms with Crippen LogP contribution in [-0.4, -0.2) is 30.8 Å². The second-order valence-electron chi connectivity index (χ2n) is 7.78. The summed E-state index contributed by atoms with van der Waals surface area (Å²) in [4.78, 5) is 15.6. The van der Waals surface area contributed by atoms with Crippen molar-refractivity contribution in [3.63, 3.8) is 0 Å². The smallest absolute Gasteiger partial charge is 0.231 e. The van der Waals surface area contributed by atoms with Gasteiger partial charge in [0.2, 0.25) is 12.7 Å². The number of hydrogen-bond donors (Lipinski definition) is 0. The Kier molecular flexibility index (Phi) is 4.69. The standard InChI is InChI=1S/C23H25NO4/c25-23(18-11-12-26-14-18)24(13-17-7-4-10-21-22(17)28-15-27-21)20-9-3-6-16-5-1-2-8-19(16)20/h1-2,4-5,7-8,10,18,20H,3,6,9,11-15H2/t18-,20-/m1/s1. The van der Waals surface area contributed by atoms with Crippen molar-refractivity contribution < 1.29 is 19.0 Å². The molecule has 1 aliphatic carbocycles.